The smallest absolute Gasteiger partial charge is 1.00 e. The zero-order valence-electron chi connectivity index (χ0n) is 4.42. The zero-order chi connectivity index (χ0) is 4.50. The van der Waals surface area contributed by atoms with Crippen LogP contribution in [0.2, 0.25) is 0 Å². The van der Waals surface area contributed by atoms with Crippen molar-refractivity contribution in [1.29, 1.82) is 0 Å². The van der Waals surface area contributed by atoms with Gasteiger partial charge in [-0.25, -0.2) is 0 Å². The van der Waals surface area contributed by atoms with Gasteiger partial charge in [0.1, 0.15) is 0 Å². The molecule has 1 radical (unpaired) electrons. The topological polar surface area (TPSA) is 57.5 Å². The van der Waals surface area contributed by atoms with Gasteiger partial charge in [-0.1, -0.05) is 0 Å². The van der Waals surface area contributed by atoms with Crippen LogP contribution in [0.5, 0.6) is 0 Å². The van der Waals surface area contributed by atoms with Gasteiger partial charge in [0.15, 0.2) is 0 Å². The average molecular weight is 262 g/mol. The molecule has 0 saturated heterocycles. The second kappa shape index (κ2) is 6.78. The molecule has 0 aliphatic heterocycles. The quantitative estimate of drug-likeness (QED) is 0.451. The van der Waals surface area contributed by atoms with Gasteiger partial charge in [0.05, 0.1) is 0 Å². The normalized spacial score (nSPS) is 8.29. The minimum absolute atomic E-state index is 0. The SMILES string of the molecule is O=S(O)(O)=S.[Ag].[H-].[K+]. The first kappa shape index (κ1) is 16.3. The Hall–Kier alpha value is 2.67. The summed E-state index contributed by atoms with van der Waals surface area (Å²) in [6, 6.07) is 0. The van der Waals surface area contributed by atoms with Crippen molar-refractivity contribution in [3.8, 4) is 0 Å². The van der Waals surface area contributed by atoms with Crippen molar-refractivity contribution in [3.63, 3.8) is 0 Å². The van der Waals surface area contributed by atoms with Gasteiger partial charge in [-0.05, 0) is 0 Å². The van der Waals surface area contributed by atoms with Crippen molar-refractivity contribution in [1.82, 2.24) is 0 Å². The van der Waals surface area contributed by atoms with E-state index in [2.05, 4.69) is 11.2 Å². The van der Waals surface area contributed by atoms with Crippen LogP contribution in [0, 0.1) is 0 Å². The molecule has 7 heavy (non-hydrogen) atoms. The van der Waals surface area contributed by atoms with E-state index in [1.165, 1.54) is 0 Å². The molecule has 0 unspecified atom stereocenters. The van der Waals surface area contributed by atoms with Crippen LogP contribution in [0.1, 0.15) is 1.43 Å². The zero-order valence-corrected chi connectivity index (χ0v) is 9.66. The maximum Gasteiger partial charge on any atom is 1.00 e. The Morgan fingerprint density at radius 1 is 1.57 bits per heavy atom. The molecule has 45 valence electrons. The van der Waals surface area contributed by atoms with Crippen LogP contribution in [-0.4, -0.2) is 13.3 Å². The first-order valence-corrected chi connectivity index (χ1v) is 3.10. The summed E-state index contributed by atoms with van der Waals surface area (Å²) in [6.45, 7) is 0. The number of hydrogen-bond acceptors (Lipinski definition) is 2. The molecule has 0 aromatic rings. The molecule has 3 nitrogen and oxygen atoms in total. The minimum atomic E-state index is -3.83. The molecule has 0 bridgehead atoms. The molecule has 0 aliphatic carbocycles. The summed E-state index contributed by atoms with van der Waals surface area (Å²) in [7, 11) is -3.83. The maximum absolute atomic E-state index is 9.11. The van der Waals surface area contributed by atoms with Crippen molar-refractivity contribution < 1.29 is 88.5 Å². The third-order valence-corrected chi connectivity index (χ3v) is 0. The van der Waals surface area contributed by atoms with Gasteiger partial charge >= 0.3 is 51.4 Å². The Morgan fingerprint density at radius 3 is 1.57 bits per heavy atom. The monoisotopic (exact) mass is 261 g/mol. The van der Waals surface area contributed by atoms with E-state index < -0.39 is 9.05 Å². The van der Waals surface area contributed by atoms with Crippen molar-refractivity contribution in [3.05, 3.63) is 0 Å². The maximum atomic E-state index is 9.11. The summed E-state index contributed by atoms with van der Waals surface area (Å²) >= 11 is 3.47. The summed E-state index contributed by atoms with van der Waals surface area (Å²) in [5, 5.41) is 0. The second-order valence-electron chi connectivity index (χ2n) is 0.448. The molecule has 0 heterocycles. The molecule has 0 aromatic carbocycles. The molecule has 0 fully saturated rings. The van der Waals surface area contributed by atoms with Crippen molar-refractivity contribution in [2.24, 2.45) is 0 Å². The molecule has 0 aromatic heterocycles. The van der Waals surface area contributed by atoms with Gasteiger partial charge < -0.3 is 1.43 Å². The average Bonchev–Trinajstić information content (AvgIpc) is 0.722. The van der Waals surface area contributed by atoms with E-state index in [-0.39, 0.29) is 75.2 Å². The van der Waals surface area contributed by atoms with E-state index in [1.807, 2.05) is 0 Å². The molecular formula is H3AgKO3S2. The molecule has 7 heteroatoms. The first-order chi connectivity index (χ1) is 2.00. The van der Waals surface area contributed by atoms with Crippen LogP contribution < -0.4 is 51.4 Å². The number of rotatable bonds is 0. The largest absolute Gasteiger partial charge is 1.00 e. The Kier molecular flexibility index (Phi) is 15.8. The summed E-state index contributed by atoms with van der Waals surface area (Å²) in [5.41, 5.74) is 0. The summed E-state index contributed by atoms with van der Waals surface area (Å²) in [4.78, 5) is 0. The number of hydrogen-bond donors (Lipinski definition) is 2. The van der Waals surface area contributed by atoms with Crippen molar-refractivity contribution >= 4 is 20.2 Å². The molecule has 2 N–H and O–H groups in total. The van der Waals surface area contributed by atoms with E-state index >= 15 is 0 Å². The van der Waals surface area contributed by atoms with Gasteiger partial charge in [0, 0.05) is 33.6 Å². The van der Waals surface area contributed by atoms with Gasteiger partial charge in [0.25, 0.3) is 9.05 Å². The predicted octanol–water partition coefficient (Wildman–Crippen LogP) is -3.21. The van der Waals surface area contributed by atoms with E-state index in [0.29, 0.717) is 0 Å². The summed E-state index contributed by atoms with van der Waals surface area (Å²) in [5.74, 6) is 0. The fourth-order valence-electron chi connectivity index (χ4n) is 0. The van der Waals surface area contributed by atoms with Gasteiger partial charge in [-0.3, -0.25) is 9.11 Å². The standard InChI is InChI=1S/Ag.K.H2O3S2.H/c;;1-5(2,3)4;/h;;(H2,1,2,3,4);/q;+1;;-1. The van der Waals surface area contributed by atoms with Crippen LogP contribution in [0.4, 0.5) is 0 Å². The Morgan fingerprint density at radius 2 is 1.57 bits per heavy atom. The van der Waals surface area contributed by atoms with Crippen molar-refractivity contribution in [2.75, 3.05) is 0 Å². The van der Waals surface area contributed by atoms with Gasteiger partial charge in [-0.15, -0.1) is 0 Å². The molecule has 0 rings (SSSR count). The van der Waals surface area contributed by atoms with E-state index in [9.17, 15) is 0 Å². The fraction of sp³-hybridized carbons (Fsp3) is 0. The van der Waals surface area contributed by atoms with Crippen molar-refractivity contribution in [2.45, 2.75) is 0 Å². The van der Waals surface area contributed by atoms with E-state index in [1.54, 1.807) is 0 Å². The Bertz CT molecular complexity index is 100. The summed E-state index contributed by atoms with van der Waals surface area (Å²) in [6.07, 6.45) is 0. The molecule has 0 spiro atoms. The molecule has 0 aliphatic rings. The van der Waals surface area contributed by atoms with Gasteiger partial charge in [0.2, 0.25) is 0 Å². The predicted molar refractivity (Wildman–Crippen MR) is 21.9 cm³/mol. The van der Waals surface area contributed by atoms with E-state index in [4.69, 9.17) is 13.3 Å². The van der Waals surface area contributed by atoms with Crippen LogP contribution in [-0.2, 0) is 42.6 Å². The fourth-order valence-corrected chi connectivity index (χ4v) is 0. The third kappa shape index (κ3) is 54.2. The van der Waals surface area contributed by atoms with E-state index in [0.717, 1.165) is 0 Å². The first-order valence-electron chi connectivity index (χ1n) is 0.698. The second-order valence-corrected chi connectivity index (χ2v) is 2.65. The molecule has 0 amide bonds. The molecular weight excluding hydrogens is 259 g/mol. The third-order valence-electron chi connectivity index (χ3n) is 0. The Balaban J connectivity index is -0.0000000267. The molecule has 0 atom stereocenters. The van der Waals surface area contributed by atoms with Crippen LogP contribution in [0.3, 0.4) is 0 Å². The van der Waals surface area contributed by atoms with Crippen LogP contribution in [0.25, 0.3) is 0 Å². The molecule has 0 saturated carbocycles. The van der Waals surface area contributed by atoms with Crippen LogP contribution >= 0.6 is 0 Å². The summed E-state index contributed by atoms with van der Waals surface area (Å²) < 4.78 is 24.0. The minimum Gasteiger partial charge on any atom is -1.00 e. The Labute approximate surface area is 106 Å². The van der Waals surface area contributed by atoms with Crippen LogP contribution in [0.15, 0.2) is 0 Å². The van der Waals surface area contributed by atoms with Gasteiger partial charge in [-0.2, -0.15) is 4.21 Å².